The zero-order valence-corrected chi connectivity index (χ0v) is 15.1. The van der Waals surface area contributed by atoms with Gasteiger partial charge in [-0.05, 0) is 35.4 Å². The van der Waals surface area contributed by atoms with Gasteiger partial charge in [0.15, 0.2) is 0 Å². The van der Waals surface area contributed by atoms with Crippen molar-refractivity contribution in [2.24, 2.45) is 5.73 Å². The Balaban J connectivity index is 1.73. The molecule has 1 aliphatic rings. The van der Waals surface area contributed by atoms with E-state index in [4.69, 9.17) is 17.3 Å². The van der Waals surface area contributed by atoms with Gasteiger partial charge in [0, 0.05) is 25.4 Å². The molecule has 136 valence electrons. The molecule has 2 aromatic carbocycles. The van der Waals surface area contributed by atoms with Crippen LogP contribution in [0.25, 0.3) is 5.69 Å². The number of rotatable bonds is 3. The highest BCUT2D eigenvalue weighted by Gasteiger charge is 2.34. The smallest absolute Gasteiger partial charge is 0.256 e. The van der Waals surface area contributed by atoms with E-state index in [2.05, 4.69) is 5.10 Å². The minimum atomic E-state index is -0.711. The Kier molecular flexibility index (Phi) is 4.41. The zero-order chi connectivity index (χ0) is 19.0. The molecule has 0 bridgehead atoms. The van der Waals surface area contributed by atoms with Gasteiger partial charge in [-0.1, -0.05) is 35.9 Å². The topological polar surface area (TPSA) is 81.2 Å². The monoisotopic (exact) mass is 380 g/mol. The Bertz CT molecular complexity index is 1020. The van der Waals surface area contributed by atoms with Crippen molar-refractivity contribution >= 4 is 23.4 Å². The number of carbonyl (C=O) groups excluding carboxylic acids is 2. The first kappa shape index (κ1) is 17.3. The molecular weight excluding hydrogens is 364 g/mol. The van der Waals surface area contributed by atoms with Gasteiger partial charge in [-0.25, -0.2) is 4.68 Å². The summed E-state index contributed by atoms with van der Waals surface area (Å²) < 4.78 is 1.64. The number of halogens is 1. The molecule has 1 aliphatic heterocycles. The maximum atomic E-state index is 13.3. The first-order valence-corrected chi connectivity index (χ1v) is 8.89. The standard InChI is InChI=1S/C20H17ClN4O2/c21-17-7-6-15(25-9-3-8-23-25)11-16(17)20(27)24-12-14-5-2-1-4-13(14)10-18(24)19(22)26/h1-9,11,18H,10,12H2,(H2,22,26)/t18-/m0/s1. The van der Waals surface area contributed by atoms with E-state index in [1.165, 1.54) is 4.90 Å². The summed E-state index contributed by atoms with van der Waals surface area (Å²) in [6.45, 7) is 0.310. The van der Waals surface area contributed by atoms with Crippen molar-refractivity contribution in [1.82, 2.24) is 14.7 Å². The second-order valence-electron chi connectivity index (χ2n) is 6.44. The molecule has 2 N–H and O–H groups in total. The van der Waals surface area contributed by atoms with Crippen molar-refractivity contribution in [3.63, 3.8) is 0 Å². The molecule has 1 atom stereocenters. The lowest BCUT2D eigenvalue weighted by Crippen LogP contribution is -2.51. The fourth-order valence-corrected chi connectivity index (χ4v) is 3.58. The van der Waals surface area contributed by atoms with E-state index >= 15 is 0 Å². The number of hydrogen-bond acceptors (Lipinski definition) is 3. The molecule has 1 aromatic heterocycles. The highest BCUT2D eigenvalue weighted by atomic mass is 35.5. The van der Waals surface area contributed by atoms with Crippen molar-refractivity contribution in [2.45, 2.75) is 19.0 Å². The third kappa shape index (κ3) is 3.19. The molecule has 3 aromatic rings. The molecular formula is C20H17ClN4O2. The number of amides is 2. The molecule has 27 heavy (non-hydrogen) atoms. The number of aromatic nitrogens is 2. The number of primary amides is 1. The molecule has 2 amide bonds. The number of nitrogens with zero attached hydrogens (tertiary/aromatic N) is 3. The third-order valence-corrected chi connectivity index (χ3v) is 5.12. The Labute approximate surface area is 161 Å². The summed E-state index contributed by atoms with van der Waals surface area (Å²) in [6.07, 6.45) is 3.83. The van der Waals surface area contributed by atoms with Crippen LogP contribution in [0, 0.1) is 0 Å². The van der Waals surface area contributed by atoms with Crippen molar-refractivity contribution in [2.75, 3.05) is 0 Å². The highest BCUT2D eigenvalue weighted by molar-refractivity contribution is 6.34. The Morgan fingerprint density at radius 3 is 2.59 bits per heavy atom. The van der Waals surface area contributed by atoms with E-state index in [0.29, 0.717) is 29.2 Å². The predicted molar refractivity (Wildman–Crippen MR) is 102 cm³/mol. The number of benzene rings is 2. The molecule has 0 saturated carbocycles. The average Bonchev–Trinajstić information content (AvgIpc) is 3.21. The van der Waals surface area contributed by atoms with Gasteiger partial charge in [0.1, 0.15) is 6.04 Å². The van der Waals surface area contributed by atoms with Crippen LogP contribution in [0.4, 0.5) is 0 Å². The molecule has 0 unspecified atom stereocenters. The summed E-state index contributed by atoms with van der Waals surface area (Å²) in [7, 11) is 0. The van der Waals surface area contributed by atoms with Gasteiger partial charge in [0.05, 0.1) is 16.3 Å². The van der Waals surface area contributed by atoms with Crippen LogP contribution in [0.2, 0.25) is 5.02 Å². The van der Waals surface area contributed by atoms with Crippen LogP contribution in [0.15, 0.2) is 60.9 Å². The van der Waals surface area contributed by atoms with E-state index < -0.39 is 11.9 Å². The zero-order valence-electron chi connectivity index (χ0n) is 14.4. The summed E-state index contributed by atoms with van der Waals surface area (Å²) in [5.74, 6) is -0.857. The van der Waals surface area contributed by atoms with Crippen LogP contribution in [-0.4, -0.2) is 32.5 Å². The van der Waals surface area contributed by atoms with Gasteiger partial charge in [0.2, 0.25) is 5.91 Å². The van der Waals surface area contributed by atoms with Crippen LogP contribution in [0.5, 0.6) is 0 Å². The lowest BCUT2D eigenvalue weighted by atomic mass is 9.93. The van der Waals surface area contributed by atoms with Crippen LogP contribution < -0.4 is 5.73 Å². The summed E-state index contributed by atoms with van der Waals surface area (Å²) in [6, 6.07) is 13.9. The summed E-state index contributed by atoms with van der Waals surface area (Å²) in [4.78, 5) is 26.8. The Hall–Kier alpha value is -3.12. The lowest BCUT2D eigenvalue weighted by Gasteiger charge is -2.35. The molecule has 2 heterocycles. The quantitative estimate of drug-likeness (QED) is 0.758. The van der Waals surface area contributed by atoms with Crippen molar-refractivity contribution in [3.05, 3.63) is 82.6 Å². The van der Waals surface area contributed by atoms with Crippen molar-refractivity contribution < 1.29 is 9.59 Å². The first-order chi connectivity index (χ1) is 13.0. The predicted octanol–water partition coefficient (Wildman–Crippen LogP) is 2.58. The maximum Gasteiger partial charge on any atom is 0.256 e. The van der Waals surface area contributed by atoms with E-state index in [-0.39, 0.29) is 5.91 Å². The van der Waals surface area contributed by atoms with Crippen LogP contribution in [0.3, 0.4) is 0 Å². The van der Waals surface area contributed by atoms with E-state index in [1.807, 2.05) is 24.3 Å². The van der Waals surface area contributed by atoms with Gasteiger partial charge >= 0.3 is 0 Å². The highest BCUT2D eigenvalue weighted by Crippen LogP contribution is 2.28. The minimum absolute atomic E-state index is 0.310. The van der Waals surface area contributed by atoms with Gasteiger partial charge in [-0.15, -0.1) is 0 Å². The van der Waals surface area contributed by atoms with Gasteiger partial charge < -0.3 is 10.6 Å². The van der Waals surface area contributed by atoms with Gasteiger partial charge in [-0.3, -0.25) is 9.59 Å². The van der Waals surface area contributed by atoms with E-state index in [1.54, 1.807) is 41.3 Å². The number of carbonyl (C=O) groups is 2. The molecule has 0 spiro atoms. The normalized spacial score (nSPS) is 16.0. The largest absolute Gasteiger partial charge is 0.368 e. The number of fused-ring (bicyclic) bond motifs is 1. The second kappa shape index (κ2) is 6.89. The fraction of sp³-hybridized carbons (Fsp3) is 0.150. The molecule has 4 rings (SSSR count). The third-order valence-electron chi connectivity index (χ3n) is 4.79. The number of nitrogens with two attached hydrogens (primary N) is 1. The molecule has 0 aliphatic carbocycles. The molecule has 6 nitrogen and oxygen atoms in total. The van der Waals surface area contributed by atoms with Crippen molar-refractivity contribution in [3.8, 4) is 5.69 Å². The Morgan fingerprint density at radius 2 is 1.89 bits per heavy atom. The van der Waals surface area contributed by atoms with Gasteiger partial charge in [0.25, 0.3) is 5.91 Å². The maximum absolute atomic E-state index is 13.3. The summed E-state index contributed by atoms with van der Waals surface area (Å²) in [5.41, 5.74) is 8.65. The Morgan fingerprint density at radius 1 is 1.11 bits per heavy atom. The minimum Gasteiger partial charge on any atom is -0.368 e. The SMILES string of the molecule is NC(=O)[C@@H]1Cc2ccccc2CN1C(=O)c1cc(-n2cccn2)ccc1Cl. The van der Waals surface area contributed by atoms with E-state index in [9.17, 15) is 9.59 Å². The van der Waals surface area contributed by atoms with Crippen molar-refractivity contribution in [1.29, 1.82) is 0 Å². The number of hydrogen-bond donors (Lipinski definition) is 1. The van der Waals surface area contributed by atoms with Gasteiger partial charge in [-0.2, -0.15) is 5.10 Å². The lowest BCUT2D eigenvalue weighted by molar-refractivity contribution is -0.122. The average molecular weight is 381 g/mol. The summed E-state index contributed by atoms with van der Waals surface area (Å²) in [5, 5.41) is 4.49. The molecule has 7 heteroatoms. The fourth-order valence-electron chi connectivity index (χ4n) is 3.39. The summed E-state index contributed by atoms with van der Waals surface area (Å²) >= 11 is 6.31. The first-order valence-electron chi connectivity index (χ1n) is 8.51. The molecule has 0 radical (unpaired) electrons. The van der Waals surface area contributed by atoms with Crippen LogP contribution in [-0.2, 0) is 17.8 Å². The van der Waals surface area contributed by atoms with Crippen LogP contribution >= 0.6 is 11.6 Å². The molecule has 0 saturated heterocycles. The second-order valence-corrected chi connectivity index (χ2v) is 6.85. The van der Waals surface area contributed by atoms with Crippen LogP contribution in [0.1, 0.15) is 21.5 Å². The molecule has 0 fully saturated rings. The van der Waals surface area contributed by atoms with E-state index in [0.717, 1.165) is 11.1 Å².